The van der Waals surface area contributed by atoms with Crippen molar-refractivity contribution in [1.29, 1.82) is 0 Å². The summed E-state index contributed by atoms with van der Waals surface area (Å²) in [7, 11) is 0. The van der Waals surface area contributed by atoms with E-state index in [1.54, 1.807) is 6.92 Å². The maximum absolute atomic E-state index is 8.77. The van der Waals surface area contributed by atoms with E-state index in [0.29, 0.717) is 6.42 Å². The molecule has 0 bridgehead atoms. The number of hydrogen-bond acceptors (Lipinski definition) is 1. The molecule has 0 aromatic heterocycles. The Labute approximate surface area is 50.0 Å². The molecular formula is C7H10O. The van der Waals surface area contributed by atoms with Crippen LogP contribution in [0.5, 0.6) is 0 Å². The Bertz CT molecular complexity index is 116. The molecule has 0 saturated heterocycles. The van der Waals surface area contributed by atoms with Crippen LogP contribution in [-0.2, 0) is 0 Å². The fourth-order valence-electron chi connectivity index (χ4n) is 0.290. The Balaban J connectivity index is 3.33. The summed E-state index contributed by atoms with van der Waals surface area (Å²) in [5, 5.41) is 8.77. The van der Waals surface area contributed by atoms with E-state index >= 15 is 0 Å². The van der Waals surface area contributed by atoms with Crippen molar-refractivity contribution in [1.82, 2.24) is 0 Å². The highest BCUT2D eigenvalue weighted by Crippen LogP contribution is 1.87. The maximum atomic E-state index is 8.77. The fraction of sp³-hybridized carbons (Fsp3) is 0.429. The topological polar surface area (TPSA) is 20.2 Å². The molecule has 0 saturated carbocycles. The van der Waals surface area contributed by atoms with Gasteiger partial charge in [-0.05, 0) is 6.92 Å². The lowest BCUT2D eigenvalue weighted by atomic mass is 10.2. The van der Waals surface area contributed by atoms with Gasteiger partial charge in [0.1, 0.15) is 0 Å². The summed E-state index contributed by atoms with van der Waals surface area (Å²) in [5.41, 5.74) is 0. The van der Waals surface area contributed by atoms with Crippen LogP contribution in [0.2, 0.25) is 0 Å². The van der Waals surface area contributed by atoms with Gasteiger partial charge in [-0.1, -0.05) is 6.08 Å². The quantitative estimate of drug-likeness (QED) is 0.414. The summed E-state index contributed by atoms with van der Waals surface area (Å²) >= 11 is 0. The van der Waals surface area contributed by atoms with Crippen LogP contribution in [0.25, 0.3) is 0 Å². The first kappa shape index (κ1) is 7.26. The van der Waals surface area contributed by atoms with Gasteiger partial charge >= 0.3 is 0 Å². The molecule has 1 N–H and O–H groups in total. The Morgan fingerprint density at radius 2 is 2.50 bits per heavy atom. The Kier molecular flexibility index (Phi) is 4.01. The van der Waals surface area contributed by atoms with Gasteiger partial charge in [-0.2, -0.15) is 0 Å². The van der Waals surface area contributed by atoms with E-state index in [0.717, 1.165) is 0 Å². The second-order valence-electron chi connectivity index (χ2n) is 1.43. The minimum atomic E-state index is -0.456. The highest BCUT2D eigenvalue weighted by Gasteiger charge is 1.89. The Morgan fingerprint density at radius 3 is 2.88 bits per heavy atom. The van der Waals surface area contributed by atoms with Gasteiger partial charge in [0.15, 0.2) is 0 Å². The molecule has 0 rings (SSSR count). The van der Waals surface area contributed by atoms with Crippen molar-refractivity contribution in [3.63, 3.8) is 0 Å². The van der Waals surface area contributed by atoms with Gasteiger partial charge in [0.05, 0.1) is 6.10 Å². The first-order valence-corrected chi connectivity index (χ1v) is 2.51. The number of hydrogen-bond donors (Lipinski definition) is 1. The summed E-state index contributed by atoms with van der Waals surface area (Å²) in [6.07, 6.45) is 1.52. The van der Waals surface area contributed by atoms with E-state index in [-0.39, 0.29) is 0 Å². The molecule has 0 heterocycles. The largest absolute Gasteiger partial charge is 0.388 e. The van der Waals surface area contributed by atoms with Crippen LogP contribution in [-0.4, -0.2) is 11.2 Å². The second kappa shape index (κ2) is 4.42. The third kappa shape index (κ3) is 3.45. The maximum Gasteiger partial charge on any atom is 0.0827 e. The van der Waals surface area contributed by atoms with Crippen LogP contribution in [0, 0.1) is 11.8 Å². The fourth-order valence-corrected chi connectivity index (χ4v) is 0.290. The smallest absolute Gasteiger partial charge is 0.0827 e. The van der Waals surface area contributed by atoms with Gasteiger partial charge in [-0.15, -0.1) is 18.4 Å². The second-order valence-corrected chi connectivity index (χ2v) is 1.43. The van der Waals surface area contributed by atoms with E-state index in [9.17, 15) is 0 Å². The minimum absolute atomic E-state index is 0.456. The molecule has 0 aromatic carbocycles. The highest BCUT2D eigenvalue weighted by molar-refractivity contribution is 4.99. The summed E-state index contributed by atoms with van der Waals surface area (Å²) in [6, 6.07) is 0. The molecule has 44 valence electrons. The van der Waals surface area contributed by atoms with Crippen molar-refractivity contribution in [3.8, 4) is 11.8 Å². The molecule has 1 nitrogen and oxygen atoms in total. The zero-order valence-electron chi connectivity index (χ0n) is 5.02. The van der Waals surface area contributed by atoms with Crippen molar-refractivity contribution >= 4 is 0 Å². The van der Waals surface area contributed by atoms with Gasteiger partial charge < -0.3 is 5.11 Å². The van der Waals surface area contributed by atoms with Crippen LogP contribution in [0.1, 0.15) is 13.3 Å². The molecule has 1 unspecified atom stereocenters. The lowest BCUT2D eigenvalue weighted by Crippen LogP contribution is -1.97. The van der Waals surface area contributed by atoms with Crippen molar-refractivity contribution in [2.75, 3.05) is 0 Å². The lowest BCUT2D eigenvalue weighted by Gasteiger charge is -1.93. The SMILES string of the molecule is C=CC(O)CC#CC. The molecule has 0 aliphatic rings. The zero-order chi connectivity index (χ0) is 6.41. The van der Waals surface area contributed by atoms with E-state index in [1.165, 1.54) is 6.08 Å². The standard InChI is InChI=1S/C7H10O/c1-3-5-6-7(8)4-2/h4,7-8H,2,6H2,1H3. The minimum Gasteiger partial charge on any atom is -0.388 e. The summed E-state index contributed by atoms with van der Waals surface area (Å²) in [5.74, 6) is 5.40. The number of aliphatic hydroxyl groups excluding tert-OH is 1. The number of rotatable bonds is 2. The van der Waals surface area contributed by atoms with Gasteiger partial charge in [-0.3, -0.25) is 0 Å². The molecule has 0 aliphatic carbocycles. The van der Waals surface area contributed by atoms with Crippen LogP contribution >= 0.6 is 0 Å². The van der Waals surface area contributed by atoms with Crippen molar-refractivity contribution in [3.05, 3.63) is 12.7 Å². The lowest BCUT2D eigenvalue weighted by molar-refractivity contribution is 0.230. The Hall–Kier alpha value is -0.740. The van der Waals surface area contributed by atoms with E-state index < -0.39 is 6.10 Å². The van der Waals surface area contributed by atoms with E-state index in [1.807, 2.05) is 0 Å². The molecule has 1 atom stereocenters. The summed E-state index contributed by atoms with van der Waals surface area (Å²) in [6.45, 7) is 5.14. The average Bonchev–Trinajstić information content (AvgIpc) is 1.83. The van der Waals surface area contributed by atoms with E-state index in [4.69, 9.17) is 5.11 Å². The van der Waals surface area contributed by atoms with Crippen molar-refractivity contribution < 1.29 is 5.11 Å². The van der Waals surface area contributed by atoms with Crippen LogP contribution in [0.4, 0.5) is 0 Å². The van der Waals surface area contributed by atoms with Crippen molar-refractivity contribution in [2.45, 2.75) is 19.4 Å². The van der Waals surface area contributed by atoms with Crippen LogP contribution in [0.3, 0.4) is 0 Å². The van der Waals surface area contributed by atoms with Gasteiger partial charge in [0, 0.05) is 6.42 Å². The monoisotopic (exact) mass is 110 g/mol. The molecule has 0 spiro atoms. The van der Waals surface area contributed by atoms with Gasteiger partial charge in [0.25, 0.3) is 0 Å². The number of aliphatic hydroxyl groups is 1. The van der Waals surface area contributed by atoms with Crippen LogP contribution < -0.4 is 0 Å². The highest BCUT2D eigenvalue weighted by atomic mass is 16.3. The van der Waals surface area contributed by atoms with Crippen molar-refractivity contribution in [2.24, 2.45) is 0 Å². The zero-order valence-corrected chi connectivity index (χ0v) is 5.02. The van der Waals surface area contributed by atoms with E-state index in [2.05, 4.69) is 18.4 Å². The molecule has 0 fully saturated rings. The van der Waals surface area contributed by atoms with Gasteiger partial charge in [0.2, 0.25) is 0 Å². The first-order chi connectivity index (χ1) is 3.81. The normalized spacial score (nSPS) is 11.2. The molecule has 0 aromatic rings. The molecule has 0 aliphatic heterocycles. The average molecular weight is 110 g/mol. The first-order valence-electron chi connectivity index (χ1n) is 2.51. The predicted molar refractivity (Wildman–Crippen MR) is 34.3 cm³/mol. The Morgan fingerprint density at radius 1 is 1.88 bits per heavy atom. The van der Waals surface area contributed by atoms with Gasteiger partial charge in [-0.25, -0.2) is 0 Å². The summed E-state index contributed by atoms with van der Waals surface area (Å²) in [4.78, 5) is 0. The predicted octanol–water partition coefficient (Wildman–Crippen LogP) is 0.947. The molecule has 8 heavy (non-hydrogen) atoms. The molecule has 0 amide bonds. The third-order valence-corrected chi connectivity index (χ3v) is 0.760. The summed E-state index contributed by atoms with van der Waals surface area (Å²) < 4.78 is 0. The molecule has 1 heteroatoms. The third-order valence-electron chi connectivity index (χ3n) is 0.760. The van der Waals surface area contributed by atoms with Crippen LogP contribution in [0.15, 0.2) is 12.7 Å². The molecule has 0 radical (unpaired) electrons. The molecular weight excluding hydrogens is 100 g/mol.